The van der Waals surface area contributed by atoms with Gasteiger partial charge < -0.3 is 9.64 Å². The number of hydrogen-bond donors (Lipinski definition) is 1. The van der Waals surface area contributed by atoms with Gasteiger partial charge in [-0.2, -0.15) is 0 Å². The highest BCUT2D eigenvalue weighted by Gasteiger charge is 2.36. The lowest BCUT2D eigenvalue weighted by molar-refractivity contribution is -0.152. The molecule has 0 saturated carbocycles. The van der Waals surface area contributed by atoms with Crippen LogP contribution in [-0.4, -0.2) is 39.9 Å². The van der Waals surface area contributed by atoms with Gasteiger partial charge in [-0.05, 0) is 13.8 Å². The third-order valence-electron chi connectivity index (χ3n) is 1.93. The molecule has 0 aliphatic carbocycles. The first-order chi connectivity index (χ1) is 6.57. The Morgan fingerprint density at radius 2 is 2.50 bits per heavy atom. The summed E-state index contributed by atoms with van der Waals surface area (Å²) in [6.07, 6.45) is 0. The van der Waals surface area contributed by atoms with E-state index in [4.69, 9.17) is 4.74 Å². The lowest BCUT2D eigenvalue weighted by atomic mass is 10.3. The molecule has 14 heavy (non-hydrogen) atoms. The lowest BCUT2D eigenvalue weighted by Gasteiger charge is -2.25. The predicted molar refractivity (Wildman–Crippen MR) is 58.2 cm³/mol. The van der Waals surface area contributed by atoms with Gasteiger partial charge in [-0.15, -0.1) is 24.4 Å². The Bertz CT molecular complexity index is 247. The summed E-state index contributed by atoms with van der Waals surface area (Å²) in [5.41, 5.74) is 0. The van der Waals surface area contributed by atoms with Crippen molar-refractivity contribution in [1.82, 2.24) is 4.90 Å². The van der Waals surface area contributed by atoms with E-state index in [0.29, 0.717) is 12.4 Å². The third-order valence-corrected chi connectivity index (χ3v) is 3.56. The molecule has 0 bridgehead atoms. The maximum absolute atomic E-state index is 11.4. The van der Waals surface area contributed by atoms with E-state index in [1.165, 1.54) is 16.7 Å². The Balaban J connectivity index is 2.63. The van der Waals surface area contributed by atoms with Crippen molar-refractivity contribution in [2.24, 2.45) is 0 Å². The van der Waals surface area contributed by atoms with Gasteiger partial charge in [0.05, 0.1) is 12.4 Å². The topological polar surface area (TPSA) is 46.6 Å². The van der Waals surface area contributed by atoms with Crippen LogP contribution in [0.15, 0.2) is 0 Å². The van der Waals surface area contributed by atoms with E-state index < -0.39 is 6.04 Å². The summed E-state index contributed by atoms with van der Waals surface area (Å²) in [4.78, 5) is 24.2. The van der Waals surface area contributed by atoms with Crippen molar-refractivity contribution in [3.8, 4) is 0 Å². The zero-order valence-electron chi connectivity index (χ0n) is 8.10. The summed E-state index contributed by atoms with van der Waals surface area (Å²) >= 11 is 5.62. The van der Waals surface area contributed by atoms with E-state index in [9.17, 15) is 9.59 Å². The highest BCUT2D eigenvalue weighted by molar-refractivity contribution is 8.11. The number of rotatable bonds is 3. The van der Waals surface area contributed by atoms with Crippen molar-refractivity contribution >= 4 is 36.3 Å². The Hall–Kier alpha value is -0.360. The molecule has 0 aromatic heterocycles. The average molecular weight is 235 g/mol. The van der Waals surface area contributed by atoms with Crippen molar-refractivity contribution in [1.29, 1.82) is 0 Å². The van der Waals surface area contributed by atoms with Crippen LogP contribution in [0.2, 0.25) is 0 Å². The molecule has 1 rings (SSSR count). The second kappa shape index (κ2) is 4.93. The maximum atomic E-state index is 11.4. The van der Waals surface area contributed by atoms with Gasteiger partial charge in [0, 0.05) is 0 Å². The first-order valence-electron chi connectivity index (χ1n) is 4.35. The lowest BCUT2D eigenvalue weighted by Crippen LogP contribution is -2.43. The molecule has 1 amide bonds. The zero-order chi connectivity index (χ0) is 10.7. The Morgan fingerprint density at radius 1 is 1.86 bits per heavy atom. The molecular weight excluding hydrogens is 222 g/mol. The van der Waals surface area contributed by atoms with Crippen molar-refractivity contribution in [2.45, 2.75) is 24.6 Å². The van der Waals surface area contributed by atoms with Gasteiger partial charge in [0.2, 0.25) is 5.91 Å². The first kappa shape index (κ1) is 11.7. The van der Waals surface area contributed by atoms with Crippen LogP contribution in [0, 0.1) is 0 Å². The van der Waals surface area contributed by atoms with Crippen molar-refractivity contribution in [3.63, 3.8) is 0 Å². The third kappa shape index (κ3) is 2.36. The van der Waals surface area contributed by atoms with Crippen LogP contribution in [0.3, 0.4) is 0 Å². The van der Waals surface area contributed by atoms with E-state index in [2.05, 4.69) is 12.6 Å². The van der Waals surface area contributed by atoms with Gasteiger partial charge in [0.1, 0.15) is 10.7 Å². The van der Waals surface area contributed by atoms with Crippen LogP contribution in [0.5, 0.6) is 0 Å². The molecule has 6 heteroatoms. The normalized spacial score (nSPS) is 23.8. The highest BCUT2D eigenvalue weighted by atomic mass is 32.2. The minimum absolute atomic E-state index is 0.0597. The number of hydrogen-bond acceptors (Lipinski definition) is 5. The van der Waals surface area contributed by atoms with E-state index in [1.807, 2.05) is 0 Å². The Morgan fingerprint density at radius 3 is 2.93 bits per heavy atom. The summed E-state index contributed by atoms with van der Waals surface area (Å²) < 4.78 is 4.60. The van der Waals surface area contributed by atoms with Crippen LogP contribution < -0.4 is 0 Å². The average Bonchev–Trinajstić information content (AvgIpc) is 2.46. The minimum atomic E-state index is -0.542. The fraction of sp³-hybridized carbons (Fsp3) is 0.750. The molecule has 2 atom stereocenters. The molecule has 0 spiro atoms. The van der Waals surface area contributed by atoms with Crippen molar-refractivity contribution in [2.75, 3.05) is 12.4 Å². The monoisotopic (exact) mass is 235 g/mol. The van der Waals surface area contributed by atoms with Gasteiger partial charge in [0.25, 0.3) is 0 Å². The van der Waals surface area contributed by atoms with Gasteiger partial charge >= 0.3 is 5.97 Å². The number of nitrogens with zero attached hydrogens (tertiary/aromatic N) is 1. The molecule has 1 fully saturated rings. The van der Waals surface area contributed by atoms with Gasteiger partial charge in [-0.1, -0.05) is 0 Å². The van der Waals surface area contributed by atoms with Gasteiger partial charge in [0.15, 0.2) is 0 Å². The van der Waals surface area contributed by atoms with Crippen molar-refractivity contribution < 1.29 is 14.3 Å². The summed E-state index contributed by atoms with van der Waals surface area (Å²) in [5.74, 6) is -0.0456. The van der Waals surface area contributed by atoms with Crippen molar-refractivity contribution in [3.05, 3.63) is 0 Å². The SMILES string of the molecule is CCOC(=O)C(C)N1C(=O)CSC1S. The molecule has 1 heterocycles. The molecule has 2 unspecified atom stereocenters. The number of carbonyl (C=O) groups excluding carboxylic acids is 2. The molecule has 1 saturated heterocycles. The first-order valence-corrected chi connectivity index (χ1v) is 5.92. The summed E-state index contributed by atoms with van der Waals surface area (Å²) in [5, 5.41) is 0. The highest BCUT2D eigenvalue weighted by Crippen LogP contribution is 2.29. The van der Waals surface area contributed by atoms with Crippen LogP contribution in [-0.2, 0) is 14.3 Å². The predicted octanol–water partition coefficient (Wildman–Crippen LogP) is 0.727. The molecule has 0 radical (unpaired) electrons. The second-order valence-electron chi connectivity index (χ2n) is 2.87. The van der Waals surface area contributed by atoms with E-state index >= 15 is 0 Å². The largest absolute Gasteiger partial charge is 0.464 e. The van der Waals surface area contributed by atoms with E-state index in [-0.39, 0.29) is 16.6 Å². The molecule has 0 aromatic carbocycles. The molecule has 1 aliphatic heterocycles. The number of carbonyl (C=O) groups is 2. The number of amides is 1. The van der Waals surface area contributed by atoms with Crippen LogP contribution >= 0.6 is 24.4 Å². The molecule has 80 valence electrons. The molecule has 0 N–H and O–H groups in total. The Labute approximate surface area is 92.8 Å². The second-order valence-corrected chi connectivity index (χ2v) is 4.77. The van der Waals surface area contributed by atoms with Crippen LogP contribution in [0.4, 0.5) is 0 Å². The fourth-order valence-electron chi connectivity index (χ4n) is 1.21. The molecular formula is C8H13NO3S2. The van der Waals surface area contributed by atoms with Gasteiger partial charge in [-0.3, -0.25) is 4.79 Å². The van der Waals surface area contributed by atoms with Gasteiger partial charge in [-0.25, -0.2) is 4.79 Å². The smallest absolute Gasteiger partial charge is 0.328 e. The standard InChI is InChI=1S/C8H13NO3S2/c1-3-12-7(11)5(2)9-6(10)4-14-8(9)13/h5,8,13H,3-4H2,1-2H3. The number of ether oxygens (including phenoxy) is 1. The van der Waals surface area contributed by atoms with E-state index in [1.54, 1.807) is 13.8 Å². The number of thiol groups is 1. The number of thioether (sulfide) groups is 1. The maximum Gasteiger partial charge on any atom is 0.328 e. The quantitative estimate of drug-likeness (QED) is 0.578. The fourth-order valence-corrected chi connectivity index (χ4v) is 2.66. The van der Waals surface area contributed by atoms with Crippen LogP contribution in [0.1, 0.15) is 13.8 Å². The summed E-state index contributed by atoms with van der Waals surface area (Å²) in [6, 6.07) is -0.542. The van der Waals surface area contributed by atoms with Crippen LogP contribution in [0.25, 0.3) is 0 Å². The number of esters is 1. The summed E-state index contributed by atoms with van der Waals surface area (Å²) in [6.45, 7) is 3.73. The molecule has 1 aliphatic rings. The Kier molecular flexibility index (Phi) is 4.12. The van der Waals surface area contributed by atoms with E-state index in [0.717, 1.165) is 0 Å². The molecule has 0 aromatic rings. The summed E-state index contributed by atoms with van der Waals surface area (Å²) in [7, 11) is 0. The minimum Gasteiger partial charge on any atom is -0.464 e. The zero-order valence-corrected chi connectivity index (χ0v) is 9.81. The molecule has 4 nitrogen and oxygen atoms in total.